The van der Waals surface area contributed by atoms with Gasteiger partial charge in [0.25, 0.3) is 5.56 Å². The van der Waals surface area contributed by atoms with Gasteiger partial charge in [-0.05, 0) is 42.3 Å². The van der Waals surface area contributed by atoms with Crippen LogP contribution in [-0.2, 0) is 17.7 Å². The van der Waals surface area contributed by atoms with Crippen molar-refractivity contribution in [2.75, 3.05) is 39.4 Å². The van der Waals surface area contributed by atoms with E-state index in [0.29, 0.717) is 25.2 Å². The van der Waals surface area contributed by atoms with E-state index >= 15 is 0 Å². The van der Waals surface area contributed by atoms with Crippen molar-refractivity contribution in [2.45, 2.75) is 31.9 Å². The van der Waals surface area contributed by atoms with E-state index < -0.39 is 11.7 Å². The second-order valence-corrected chi connectivity index (χ2v) is 9.39. The molecule has 0 saturated carbocycles. The Morgan fingerprint density at radius 1 is 1.05 bits per heavy atom. The summed E-state index contributed by atoms with van der Waals surface area (Å²) in [6, 6.07) is 16.3. The molecule has 4 rings (SSSR count). The van der Waals surface area contributed by atoms with E-state index in [-0.39, 0.29) is 11.7 Å². The van der Waals surface area contributed by atoms with Crippen LogP contribution in [0.4, 0.5) is 0 Å². The van der Waals surface area contributed by atoms with Crippen molar-refractivity contribution in [2.24, 2.45) is 0 Å². The Hall–Kier alpha value is -3.48. The molecular weight excluding hydrogens is 468 g/mol. The number of hydrogen-bond donors (Lipinski definition) is 4. The van der Waals surface area contributed by atoms with Crippen LogP contribution in [0.3, 0.4) is 0 Å². The van der Waals surface area contributed by atoms with Gasteiger partial charge < -0.3 is 25.3 Å². The number of benzene rings is 2. The average Bonchev–Trinajstić information content (AvgIpc) is 2.91. The van der Waals surface area contributed by atoms with Gasteiger partial charge in [-0.2, -0.15) is 0 Å². The number of aromatic nitrogens is 2. The van der Waals surface area contributed by atoms with Crippen molar-refractivity contribution in [3.63, 3.8) is 0 Å². The Morgan fingerprint density at radius 3 is 2.35 bits per heavy atom. The number of aliphatic hydroxyl groups excluding tert-OH is 1. The molecule has 194 valence electrons. The zero-order chi connectivity index (χ0) is 26.0. The maximum absolute atomic E-state index is 11.8. The Morgan fingerprint density at radius 2 is 1.70 bits per heavy atom. The molecule has 1 saturated heterocycles. The summed E-state index contributed by atoms with van der Waals surface area (Å²) >= 11 is 0. The van der Waals surface area contributed by atoms with Crippen LogP contribution in [-0.4, -0.2) is 70.6 Å². The monoisotopic (exact) mass is 502 g/mol. The first kappa shape index (κ1) is 26.6. The minimum atomic E-state index is -0.555. The lowest BCUT2D eigenvalue weighted by Crippen LogP contribution is -2.35. The Bertz CT molecular complexity index is 1250. The van der Waals surface area contributed by atoms with Gasteiger partial charge in [0.2, 0.25) is 5.75 Å². The lowest BCUT2D eigenvalue weighted by Gasteiger charge is -2.26. The van der Waals surface area contributed by atoms with E-state index in [2.05, 4.69) is 56.3 Å². The highest BCUT2D eigenvalue weighted by Gasteiger charge is 2.17. The van der Waals surface area contributed by atoms with Gasteiger partial charge in [0, 0.05) is 56.2 Å². The van der Waals surface area contributed by atoms with Gasteiger partial charge in [-0.15, -0.1) is 0 Å². The summed E-state index contributed by atoms with van der Waals surface area (Å²) in [4.78, 5) is 20.7. The van der Waals surface area contributed by atoms with Crippen LogP contribution in [0.5, 0.6) is 5.75 Å². The highest BCUT2D eigenvalue weighted by atomic mass is 16.5. The number of H-pyrrole nitrogens is 1. The van der Waals surface area contributed by atoms with Gasteiger partial charge in [0.05, 0.1) is 31.3 Å². The summed E-state index contributed by atoms with van der Waals surface area (Å²) in [6.45, 7) is 7.18. The molecule has 4 N–H and O–H groups in total. The fourth-order valence-electron chi connectivity index (χ4n) is 4.28. The lowest BCUT2D eigenvalue weighted by molar-refractivity contribution is 0.0342. The number of aromatic hydroxyl groups is 1. The second kappa shape index (κ2) is 13.2. The molecule has 1 aliphatic heterocycles. The average molecular weight is 503 g/mol. The number of nitrogens with one attached hydrogen (secondary N) is 2. The topological polar surface area (TPSA) is 111 Å². The van der Waals surface area contributed by atoms with Gasteiger partial charge >= 0.3 is 0 Å². The molecule has 0 bridgehead atoms. The number of hydrogen-bond acceptors (Lipinski definition) is 7. The predicted octanol–water partition coefficient (Wildman–Crippen LogP) is 2.00. The SMILES string of the molecule is C[C@H](O)CNC[C@H](Cc1nc[nH]c(=O)c1O)c1ccc(C#Cc2ccc(CN3CCOCC3)cc2)cc1. The molecule has 0 spiro atoms. The molecule has 8 heteroatoms. The summed E-state index contributed by atoms with van der Waals surface area (Å²) in [5.41, 5.74) is 3.94. The first-order valence-electron chi connectivity index (χ1n) is 12.6. The van der Waals surface area contributed by atoms with Crippen molar-refractivity contribution in [1.82, 2.24) is 20.2 Å². The smallest absolute Gasteiger partial charge is 0.293 e. The molecule has 8 nitrogen and oxygen atoms in total. The highest BCUT2D eigenvalue weighted by Crippen LogP contribution is 2.23. The Labute approximate surface area is 217 Å². The van der Waals surface area contributed by atoms with Crippen molar-refractivity contribution >= 4 is 0 Å². The third-order valence-electron chi connectivity index (χ3n) is 6.37. The van der Waals surface area contributed by atoms with Crippen LogP contribution in [0, 0.1) is 11.8 Å². The number of rotatable bonds is 9. The van der Waals surface area contributed by atoms with E-state index in [4.69, 9.17) is 4.74 Å². The number of aromatic amines is 1. The molecule has 0 unspecified atom stereocenters. The van der Waals surface area contributed by atoms with E-state index in [1.54, 1.807) is 6.92 Å². The molecule has 0 aliphatic carbocycles. The molecule has 1 aliphatic rings. The maximum atomic E-state index is 11.8. The van der Waals surface area contributed by atoms with Gasteiger partial charge in [0.1, 0.15) is 0 Å². The largest absolute Gasteiger partial charge is 0.502 e. The van der Waals surface area contributed by atoms with E-state index in [9.17, 15) is 15.0 Å². The Balaban J connectivity index is 1.42. The summed E-state index contributed by atoms with van der Waals surface area (Å²) in [5.74, 6) is 6.05. The molecule has 2 atom stereocenters. The molecule has 1 fully saturated rings. The fraction of sp³-hybridized carbons (Fsp3) is 0.379. The summed E-state index contributed by atoms with van der Waals surface area (Å²) in [5, 5.41) is 23.0. The zero-order valence-electron chi connectivity index (χ0n) is 21.1. The third kappa shape index (κ3) is 8.00. The summed E-state index contributed by atoms with van der Waals surface area (Å²) in [7, 11) is 0. The Kier molecular flexibility index (Phi) is 9.46. The predicted molar refractivity (Wildman–Crippen MR) is 142 cm³/mol. The van der Waals surface area contributed by atoms with Crippen molar-refractivity contribution in [3.8, 4) is 17.6 Å². The summed E-state index contributed by atoms with van der Waals surface area (Å²) in [6.07, 6.45) is 1.20. The number of nitrogens with zero attached hydrogens (tertiary/aromatic N) is 2. The zero-order valence-corrected chi connectivity index (χ0v) is 21.1. The van der Waals surface area contributed by atoms with Crippen LogP contribution in [0.15, 0.2) is 59.7 Å². The summed E-state index contributed by atoms with van der Waals surface area (Å²) < 4.78 is 5.41. The number of aliphatic hydroxyl groups is 1. The van der Waals surface area contributed by atoms with Crippen LogP contribution < -0.4 is 10.9 Å². The fourth-order valence-corrected chi connectivity index (χ4v) is 4.28. The second-order valence-electron chi connectivity index (χ2n) is 9.39. The number of ether oxygens (including phenoxy) is 1. The van der Waals surface area contributed by atoms with E-state index in [1.165, 1.54) is 11.9 Å². The van der Waals surface area contributed by atoms with E-state index in [0.717, 1.165) is 49.5 Å². The van der Waals surface area contributed by atoms with Gasteiger partial charge in [-0.1, -0.05) is 36.1 Å². The van der Waals surface area contributed by atoms with Crippen molar-refractivity contribution in [1.29, 1.82) is 0 Å². The van der Waals surface area contributed by atoms with Gasteiger partial charge in [0.15, 0.2) is 0 Å². The molecule has 2 aromatic carbocycles. The molecule has 0 radical (unpaired) electrons. The van der Waals surface area contributed by atoms with Gasteiger partial charge in [-0.25, -0.2) is 4.98 Å². The molecular formula is C29H34N4O4. The molecule has 2 heterocycles. The highest BCUT2D eigenvalue weighted by molar-refractivity contribution is 5.44. The minimum Gasteiger partial charge on any atom is -0.502 e. The van der Waals surface area contributed by atoms with Crippen LogP contribution >= 0.6 is 0 Å². The molecule has 3 aromatic rings. The molecule has 1 aromatic heterocycles. The quantitative estimate of drug-likeness (QED) is 0.331. The standard InChI is InChI=1S/C29H34N4O4/c1-21(34)17-30-18-26(16-27-28(35)29(36)32-20-31-27)25-10-8-23(9-11-25)3-2-22-4-6-24(7-5-22)19-33-12-14-37-15-13-33/h4-11,20-21,26,30,34-35H,12-19H2,1H3,(H,31,32,36)/t21-,26-/m0/s1. The van der Waals surface area contributed by atoms with Crippen LogP contribution in [0.1, 0.15) is 40.8 Å². The normalized spacial score (nSPS) is 15.5. The van der Waals surface area contributed by atoms with Gasteiger partial charge in [-0.3, -0.25) is 9.69 Å². The van der Waals surface area contributed by atoms with Crippen molar-refractivity contribution in [3.05, 3.63) is 93.2 Å². The minimum absolute atomic E-state index is 0.0556. The molecule has 0 amide bonds. The molecule has 37 heavy (non-hydrogen) atoms. The van der Waals surface area contributed by atoms with Crippen molar-refractivity contribution < 1.29 is 14.9 Å². The first-order valence-corrected chi connectivity index (χ1v) is 12.6. The third-order valence-corrected chi connectivity index (χ3v) is 6.37. The van der Waals surface area contributed by atoms with Crippen LogP contribution in [0.25, 0.3) is 0 Å². The van der Waals surface area contributed by atoms with E-state index in [1.807, 2.05) is 24.3 Å². The lowest BCUT2D eigenvalue weighted by atomic mass is 9.93. The maximum Gasteiger partial charge on any atom is 0.293 e. The van der Waals surface area contributed by atoms with Crippen LogP contribution in [0.2, 0.25) is 0 Å². The number of morpholine rings is 1. The first-order chi connectivity index (χ1) is 18.0.